The highest BCUT2D eigenvalue weighted by Crippen LogP contribution is 2.29. The molecule has 1 rings (SSSR count). The highest BCUT2D eigenvalue weighted by molar-refractivity contribution is 7.39. The SMILES string of the molecule is CC1CN(C)CC(C)P1. The first kappa shape index (κ1) is 7.50. The van der Waals surface area contributed by atoms with Crippen molar-refractivity contribution in [1.29, 1.82) is 0 Å². The van der Waals surface area contributed by atoms with E-state index in [1.54, 1.807) is 0 Å². The minimum atomic E-state index is 0.943. The fraction of sp³-hybridized carbons (Fsp3) is 1.00. The molecule has 54 valence electrons. The van der Waals surface area contributed by atoms with Gasteiger partial charge in [-0.3, -0.25) is 0 Å². The molecule has 1 aliphatic heterocycles. The second-order valence-corrected chi connectivity index (χ2v) is 5.49. The summed E-state index contributed by atoms with van der Waals surface area (Å²) in [5, 5.41) is 0. The van der Waals surface area contributed by atoms with Gasteiger partial charge in [0.25, 0.3) is 0 Å². The summed E-state index contributed by atoms with van der Waals surface area (Å²) in [4.78, 5) is 2.44. The van der Waals surface area contributed by atoms with E-state index in [1.807, 2.05) is 0 Å². The van der Waals surface area contributed by atoms with Crippen LogP contribution in [0.25, 0.3) is 0 Å². The maximum absolute atomic E-state index is 2.44. The molecule has 1 heterocycles. The Balaban J connectivity index is 2.34. The van der Waals surface area contributed by atoms with Gasteiger partial charge in [0.1, 0.15) is 0 Å². The van der Waals surface area contributed by atoms with E-state index >= 15 is 0 Å². The van der Waals surface area contributed by atoms with Gasteiger partial charge < -0.3 is 4.90 Å². The number of rotatable bonds is 0. The Morgan fingerprint density at radius 3 is 2.00 bits per heavy atom. The lowest BCUT2D eigenvalue weighted by molar-refractivity contribution is 0.327. The Kier molecular flexibility index (Phi) is 2.49. The monoisotopic (exact) mass is 145 g/mol. The van der Waals surface area contributed by atoms with Gasteiger partial charge in [-0.1, -0.05) is 13.8 Å². The first-order chi connectivity index (χ1) is 4.18. The highest BCUT2D eigenvalue weighted by atomic mass is 31.1. The normalized spacial score (nSPS) is 41.7. The molecule has 2 heteroatoms. The summed E-state index contributed by atoms with van der Waals surface area (Å²) in [7, 11) is 3.41. The predicted octanol–water partition coefficient (Wildman–Crippen LogP) is 1.39. The lowest BCUT2D eigenvalue weighted by atomic mass is 10.3. The van der Waals surface area contributed by atoms with Gasteiger partial charge in [-0.05, 0) is 18.4 Å². The molecule has 0 N–H and O–H groups in total. The van der Waals surface area contributed by atoms with Crippen LogP contribution in [0.4, 0.5) is 0 Å². The van der Waals surface area contributed by atoms with Crippen LogP contribution in [0.5, 0.6) is 0 Å². The molecule has 2 atom stereocenters. The summed E-state index contributed by atoms with van der Waals surface area (Å²) in [5.74, 6) is 0. The molecule has 2 unspecified atom stereocenters. The van der Waals surface area contributed by atoms with Crippen LogP contribution in [0.3, 0.4) is 0 Å². The van der Waals surface area contributed by atoms with Crippen LogP contribution in [-0.2, 0) is 0 Å². The molecular formula is C7H16NP. The summed E-state index contributed by atoms with van der Waals surface area (Å²) in [6.07, 6.45) is 0. The van der Waals surface area contributed by atoms with E-state index in [-0.39, 0.29) is 0 Å². The summed E-state index contributed by atoms with van der Waals surface area (Å²) in [5.41, 5.74) is 1.89. The van der Waals surface area contributed by atoms with Crippen LogP contribution in [-0.4, -0.2) is 36.4 Å². The third-order valence-electron chi connectivity index (χ3n) is 1.74. The second kappa shape index (κ2) is 2.98. The topological polar surface area (TPSA) is 3.24 Å². The molecule has 9 heavy (non-hydrogen) atoms. The van der Waals surface area contributed by atoms with Crippen LogP contribution in [0.1, 0.15) is 13.8 Å². The van der Waals surface area contributed by atoms with Gasteiger partial charge in [0.05, 0.1) is 0 Å². The largest absolute Gasteiger partial charge is 0.305 e. The smallest absolute Gasteiger partial charge is 0.00414 e. The van der Waals surface area contributed by atoms with Crippen LogP contribution in [0.15, 0.2) is 0 Å². The predicted molar refractivity (Wildman–Crippen MR) is 44.7 cm³/mol. The van der Waals surface area contributed by atoms with Gasteiger partial charge in [0.15, 0.2) is 0 Å². The maximum atomic E-state index is 2.44. The van der Waals surface area contributed by atoms with Crippen LogP contribution >= 0.6 is 8.58 Å². The molecule has 0 aromatic heterocycles. The summed E-state index contributed by atoms with van der Waals surface area (Å²) in [6, 6.07) is 0. The molecule has 0 spiro atoms. The van der Waals surface area contributed by atoms with Crippen molar-refractivity contribution in [3.8, 4) is 0 Å². The van der Waals surface area contributed by atoms with Crippen molar-refractivity contribution in [2.45, 2.75) is 25.2 Å². The highest BCUT2D eigenvalue weighted by Gasteiger charge is 2.17. The van der Waals surface area contributed by atoms with Crippen LogP contribution in [0, 0.1) is 0 Å². The summed E-state index contributed by atoms with van der Waals surface area (Å²) in [6.45, 7) is 7.32. The zero-order valence-corrected chi connectivity index (χ0v) is 7.52. The van der Waals surface area contributed by atoms with Crippen molar-refractivity contribution in [1.82, 2.24) is 4.90 Å². The quantitative estimate of drug-likeness (QED) is 0.465. The van der Waals surface area contributed by atoms with E-state index < -0.39 is 0 Å². The maximum Gasteiger partial charge on any atom is 0.00414 e. The average Bonchev–Trinajstić information content (AvgIpc) is 1.59. The molecule has 1 fully saturated rings. The van der Waals surface area contributed by atoms with Crippen molar-refractivity contribution in [3.63, 3.8) is 0 Å². The fourth-order valence-corrected chi connectivity index (χ4v) is 3.41. The Morgan fingerprint density at radius 2 is 1.67 bits per heavy atom. The molecule has 1 nitrogen and oxygen atoms in total. The molecule has 0 saturated carbocycles. The zero-order chi connectivity index (χ0) is 6.85. The van der Waals surface area contributed by atoms with Crippen LogP contribution < -0.4 is 0 Å². The van der Waals surface area contributed by atoms with E-state index in [0.717, 1.165) is 11.3 Å². The minimum absolute atomic E-state index is 0.943. The van der Waals surface area contributed by atoms with Gasteiger partial charge in [0, 0.05) is 13.1 Å². The van der Waals surface area contributed by atoms with Crippen molar-refractivity contribution < 1.29 is 0 Å². The van der Waals surface area contributed by atoms with Gasteiger partial charge in [0.2, 0.25) is 0 Å². The number of nitrogens with zero attached hydrogens (tertiary/aromatic N) is 1. The molecule has 0 amide bonds. The first-order valence-corrected chi connectivity index (χ1v) is 4.78. The van der Waals surface area contributed by atoms with Crippen molar-refractivity contribution in [2.75, 3.05) is 20.1 Å². The number of hydrogen-bond acceptors (Lipinski definition) is 1. The molecule has 1 saturated heterocycles. The molecule has 1 aliphatic rings. The van der Waals surface area contributed by atoms with E-state index in [9.17, 15) is 0 Å². The fourth-order valence-electron chi connectivity index (χ4n) is 1.60. The lowest BCUT2D eigenvalue weighted by Gasteiger charge is -2.31. The zero-order valence-electron chi connectivity index (χ0n) is 6.52. The van der Waals surface area contributed by atoms with Crippen LogP contribution in [0.2, 0.25) is 0 Å². The van der Waals surface area contributed by atoms with E-state index in [0.29, 0.717) is 0 Å². The van der Waals surface area contributed by atoms with E-state index in [2.05, 4.69) is 25.8 Å². The van der Waals surface area contributed by atoms with Crippen molar-refractivity contribution >= 4 is 8.58 Å². The van der Waals surface area contributed by atoms with Gasteiger partial charge in [-0.2, -0.15) is 0 Å². The van der Waals surface area contributed by atoms with E-state index in [1.165, 1.54) is 21.7 Å². The molecule has 0 aromatic rings. The van der Waals surface area contributed by atoms with E-state index in [4.69, 9.17) is 0 Å². The molecule has 0 bridgehead atoms. The van der Waals surface area contributed by atoms with Crippen molar-refractivity contribution in [2.24, 2.45) is 0 Å². The Labute approximate surface area is 59.6 Å². The third kappa shape index (κ3) is 2.23. The Hall–Kier alpha value is 0.390. The average molecular weight is 145 g/mol. The third-order valence-corrected chi connectivity index (χ3v) is 3.24. The summed E-state index contributed by atoms with van der Waals surface area (Å²) >= 11 is 0. The van der Waals surface area contributed by atoms with Crippen molar-refractivity contribution in [3.05, 3.63) is 0 Å². The first-order valence-electron chi connectivity index (χ1n) is 3.63. The van der Waals surface area contributed by atoms with Gasteiger partial charge in [-0.25, -0.2) is 0 Å². The lowest BCUT2D eigenvalue weighted by Crippen LogP contribution is -2.36. The van der Waals surface area contributed by atoms with Gasteiger partial charge in [-0.15, -0.1) is 8.58 Å². The molecule has 0 aromatic carbocycles. The second-order valence-electron chi connectivity index (χ2n) is 3.19. The standard InChI is InChI=1S/C7H16NP/c1-6-4-8(3)5-7(2)9-6/h6-7,9H,4-5H2,1-3H3. The Morgan fingerprint density at radius 1 is 1.22 bits per heavy atom. The number of hydrogen-bond donors (Lipinski definition) is 0. The van der Waals surface area contributed by atoms with Gasteiger partial charge >= 0.3 is 0 Å². The Bertz CT molecular complexity index is 69.9. The summed E-state index contributed by atoms with van der Waals surface area (Å²) < 4.78 is 0. The molecule has 0 aliphatic carbocycles. The molecule has 0 radical (unpaired) electrons. The molecular weight excluding hydrogens is 129 g/mol. The minimum Gasteiger partial charge on any atom is -0.305 e.